The molecule has 1 aliphatic heterocycles. The van der Waals surface area contributed by atoms with Gasteiger partial charge in [0.25, 0.3) is 0 Å². The number of ether oxygens (including phenoxy) is 1. The molecular weight excluding hydrogens is 289 g/mol. The zero-order chi connectivity index (χ0) is 15.4. The lowest BCUT2D eigenvalue weighted by Crippen LogP contribution is -2.37. The molecule has 0 saturated carbocycles. The van der Waals surface area contributed by atoms with Gasteiger partial charge in [0.05, 0.1) is 19.4 Å². The van der Waals surface area contributed by atoms with Crippen molar-refractivity contribution < 1.29 is 9.13 Å². The molecular formula is C13H18FN7O. The normalized spacial score (nSPS) is 15.1. The van der Waals surface area contributed by atoms with Crippen LogP contribution in [0.3, 0.4) is 0 Å². The third kappa shape index (κ3) is 3.30. The Balaban J connectivity index is 1.63. The summed E-state index contributed by atoms with van der Waals surface area (Å²) in [5, 5.41) is 7.10. The molecule has 118 valence electrons. The van der Waals surface area contributed by atoms with E-state index in [0.29, 0.717) is 51.0 Å². The maximum absolute atomic E-state index is 13.9. The molecule has 3 rings (SSSR count). The first-order valence-electron chi connectivity index (χ1n) is 7.16. The van der Waals surface area contributed by atoms with Crippen LogP contribution in [0.2, 0.25) is 0 Å². The summed E-state index contributed by atoms with van der Waals surface area (Å²) in [6.45, 7) is 3.02. The monoisotopic (exact) mass is 307 g/mol. The zero-order valence-electron chi connectivity index (χ0n) is 12.4. The third-order valence-corrected chi connectivity index (χ3v) is 3.47. The van der Waals surface area contributed by atoms with E-state index in [1.54, 1.807) is 4.68 Å². The summed E-state index contributed by atoms with van der Waals surface area (Å²) in [6, 6.07) is 0. The number of nitrogens with one attached hydrogen (secondary N) is 1. The van der Waals surface area contributed by atoms with Crippen molar-refractivity contribution in [2.75, 3.05) is 43.1 Å². The van der Waals surface area contributed by atoms with Crippen molar-refractivity contribution in [2.45, 2.75) is 6.42 Å². The van der Waals surface area contributed by atoms with Gasteiger partial charge in [-0.25, -0.2) is 14.4 Å². The van der Waals surface area contributed by atoms with E-state index >= 15 is 0 Å². The Bertz CT molecular complexity index is 627. The van der Waals surface area contributed by atoms with Gasteiger partial charge in [0.2, 0.25) is 5.95 Å². The first-order chi connectivity index (χ1) is 10.7. The van der Waals surface area contributed by atoms with E-state index in [4.69, 9.17) is 4.74 Å². The van der Waals surface area contributed by atoms with E-state index in [1.165, 1.54) is 12.5 Å². The molecule has 0 spiro atoms. The first-order valence-corrected chi connectivity index (χ1v) is 7.16. The summed E-state index contributed by atoms with van der Waals surface area (Å²) in [7, 11) is 1.84. The molecule has 0 aromatic carbocycles. The minimum atomic E-state index is -0.416. The van der Waals surface area contributed by atoms with Crippen LogP contribution in [0, 0.1) is 5.82 Å². The first kappa shape index (κ1) is 14.6. The lowest BCUT2D eigenvalue weighted by atomic mass is 10.4. The largest absolute Gasteiger partial charge is 0.378 e. The average molecular weight is 307 g/mol. The fraction of sp³-hybridized carbons (Fsp3) is 0.538. The molecule has 0 atom stereocenters. The van der Waals surface area contributed by atoms with E-state index in [2.05, 4.69) is 25.4 Å². The van der Waals surface area contributed by atoms with Gasteiger partial charge in [0.15, 0.2) is 11.6 Å². The van der Waals surface area contributed by atoms with Gasteiger partial charge in [0.1, 0.15) is 12.2 Å². The second kappa shape index (κ2) is 6.65. The quantitative estimate of drug-likeness (QED) is 0.847. The molecule has 3 heterocycles. The minimum absolute atomic E-state index is 0.319. The van der Waals surface area contributed by atoms with Crippen LogP contribution in [0.25, 0.3) is 0 Å². The van der Waals surface area contributed by atoms with Crippen LogP contribution >= 0.6 is 0 Å². The number of hydrogen-bond acceptors (Lipinski definition) is 7. The molecule has 1 saturated heterocycles. The molecule has 22 heavy (non-hydrogen) atoms. The van der Waals surface area contributed by atoms with E-state index < -0.39 is 5.82 Å². The highest BCUT2D eigenvalue weighted by atomic mass is 19.1. The highest BCUT2D eigenvalue weighted by Gasteiger charge is 2.17. The maximum atomic E-state index is 13.9. The number of halogens is 1. The maximum Gasteiger partial charge on any atom is 0.224 e. The number of rotatable bonds is 5. The Labute approximate surface area is 127 Å². The molecule has 0 radical (unpaired) electrons. The standard InChI is InChI=1S/C13H18FN7O/c1-20-11(17-9-18-20)2-3-15-13-16-8-10(14)12(19-13)21-4-6-22-7-5-21/h8-9H,2-7H2,1H3,(H,15,16,19). The van der Waals surface area contributed by atoms with Crippen LogP contribution in [0.4, 0.5) is 16.2 Å². The lowest BCUT2D eigenvalue weighted by Gasteiger charge is -2.28. The predicted molar refractivity (Wildman–Crippen MR) is 78.2 cm³/mol. The van der Waals surface area contributed by atoms with Crippen LogP contribution in [-0.2, 0) is 18.2 Å². The predicted octanol–water partition coefficient (Wildman–Crippen LogP) is 0.235. The van der Waals surface area contributed by atoms with Gasteiger partial charge in [-0.2, -0.15) is 10.1 Å². The molecule has 1 N–H and O–H groups in total. The SMILES string of the molecule is Cn1ncnc1CCNc1ncc(F)c(N2CCOCC2)n1. The number of aromatic nitrogens is 5. The van der Waals surface area contributed by atoms with E-state index in [1.807, 2.05) is 11.9 Å². The van der Waals surface area contributed by atoms with Crippen LogP contribution in [0.15, 0.2) is 12.5 Å². The molecule has 1 aliphatic rings. The third-order valence-electron chi connectivity index (χ3n) is 3.47. The van der Waals surface area contributed by atoms with Crippen molar-refractivity contribution in [1.29, 1.82) is 0 Å². The zero-order valence-corrected chi connectivity index (χ0v) is 12.4. The second-order valence-corrected chi connectivity index (χ2v) is 4.94. The van der Waals surface area contributed by atoms with Crippen molar-refractivity contribution in [3.8, 4) is 0 Å². The average Bonchev–Trinajstić information content (AvgIpc) is 2.95. The molecule has 0 bridgehead atoms. The lowest BCUT2D eigenvalue weighted by molar-refractivity contribution is 0.122. The summed E-state index contributed by atoms with van der Waals surface area (Å²) in [4.78, 5) is 14.3. The van der Waals surface area contributed by atoms with Gasteiger partial charge >= 0.3 is 0 Å². The second-order valence-electron chi connectivity index (χ2n) is 4.94. The minimum Gasteiger partial charge on any atom is -0.378 e. The van der Waals surface area contributed by atoms with Gasteiger partial charge in [-0.05, 0) is 0 Å². The van der Waals surface area contributed by atoms with Crippen molar-refractivity contribution in [1.82, 2.24) is 24.7 Å². The van der Waals surface area contributed by atoms with Gasteiger partial charge in [0, 0.05) is 33.1 Å². The Morgan fingerprint density at radius 2 is 2.14 bits per heavy atom. The topological polar surface area (TPSA) is 81.0 Å². The van der Waals surface area contributed by atoms with Crippen molar-refractivity contribution in [3.05, 3.63) is 24.2 Å². The highest BCUT2D eigenvalue weighted by molar-refractivity contribution is 5.44. The van der Waals surface area contributed by atoms with Crippen LogP contribution in [0.5, 0.6) is 0 Å². The van der Waals surface area contributed by atoms with Crippen LogP contribution in [0.1, 0.15) is 5.82 Å². The van der Waals surface area contributed by atoms with Gasteiger partial charge in [-0.3, -0.25) is 4.68 Å². The number of aryl methyl sites for hydroxylation is 1. The summed E-state index contributed by atoms with van der Waals surface area (Å²) < 4.78 is 20.9. The summed E-state index contributed by atoms with van der Waals surface area (Å²) in [5.74, 6) is 1.17. The molecule has 0 unspecified atom stereocenters. The smallest absolute Gasteiger partial charge is 0.224 e. The van der Waals surface area contributed by atoms with Gasteiger partial charge in [-0.15, -0.1) is 0 Å². The van der Waals surface area contributed by atoms with Crippen LogP contribution < -0.4 is 10.2 Å². The molecule has 2 aromatic rings. The number of nitrogens with zero attached hydrogens (tertiary/aromatic N) is 6. The molecule has 2 aromatic heterocycles. The summed E-state index contributed by atoms with van der Waals surface area (Å²) in [6.07, 6.45) is 3.40. The number of anilines is 2. The molecule has 1 fully saturated rings. The molecule has 8 nitrogen and oxygen atoms in total. The Hall–Kier alpha value is -2.29. The molecule has 9 heteroatoms. The van der Waals surface area contributed by atoms with Crippen LogP contribution in [-0.4, -0.2) is 57.6 Å². The van der Waals surface area contributed by atoms with Crippen molar-refractivity contribution >= 4 is 11.8 Å². The summed E-state index contributed by atoms with van der Waals surface area (Å²) >= 11 is 0. The molecule has 0 aliphatic carbocycles. The van der Waals surface area contributed by atoms with E-state index in [0.717, 1.165) is 5.82 Å². The Morgan fingerprint density at radius 3 is 2.86 bits per heavy atom. The fourth-order valence-corrected chi connectivity index (χ4v) is 2.27. The summed E-state index contributed by atoms with van der Waals surface area (Å²) in [5.41, 5.74) is 0. The van der Waals surface area contributed by atoms with E-state index in [9.17, 15) is 4.39 Å². The van der Waals surface area contributed by atoms with Gasteiger partial charge < -0.3 is 15.0 Å². The number of hydrogen-bond donors (Lipinski definition) is 1. The highest BCUT2D eigenvalue weighted by Crippen LogP contribution is 2.18. The Kier molecular flexibility index (Phi) is 4.42. The molecule has 0 amide bonds. The fourth-order valence-electron chi connectivity index (χ4n) is 2.27. The van der Waals surface area contributed by atoms with Gasteiger partial charge in [-0.1, -0.05) is 0 Å². The van der Waals surface area contributed by atoms with Crippen molar-refractivity contribution in [2.24, 2.45) is 7.05 Å². The van der Waals surface area contributed by atoms with E-state index in [-0.39, 0.29) is 0 Å². The number of morpholine rings is 1. The van der Waals surface area contributed by atoms with Crippen molar-refractivity contribution in [3.63, 3.8) is 0 Å². The Morgan fingerprint density at radius 1 is 1.32 bits per heavy atom.